The molecule has 1 aromatic carbocycles. The maximum Gasteiger partial charge on any atom is 0.116 e. The number of nitrogens with two attached hydrogens (primary N) is 1. The molecule has 4 heteroatoms. The van der Waals surface area contributed by atoms with E-state index in [4.69, 9.17) is 5.73 Å². The van der Waals surface area contributed by atoms with Gasteiger partial charge in [0.1, 0.15) is 11.2 Å². The molecule has 0 bridgehead atoms. The van der Waals surface area contributed by atoms with Crippen LogP contribution in [0.3, 0.4) is 0 Å². The number of nitrogens with zero attached hydrogens (tertiary/aromatic N) is 3. The summed E-state index contributed by atoms with van der Waals surface area (Å²) in [6.07, 6.45) is 11.9. The van der Waals surface area contributed by atoms with Gasteiger partial charge in [-0.05, 0) is 43.2 Å². The lowest BCUT2D eigenvalue weighted by Crippen LogP contribution is -2.47. The Labute approximate surface area is 172 Å². The van der Waals surface area contributed by atoms with Crippen molar-refractivity contribution in [2.45, 2.75) is 104 Å². The van der Waals surface area contributed by atoms with Gasteiger partial charge in [0, 0.05) is 0 Å². The van der Waals surface area contributed by atoms with Gasteiger partial charge in [-0.25, -0.2) is 4.68 Å². The van der Waals surface area contributed by atoms with E-state index in [9.17, 15) is 0 Å². The highest BCUT2D eigenvalue weighted by Crippen LogP contribution is 2.35. The Morgan fingerprint density at radius 3 is 2.04 bits per heavy atom. The van der Waals surface area contributed by atoms with Crippen LogP contribution in [0.4, 0.5) is 0 Å². The van der Waals surface area contributed by atoms with E-state index in [0.717, 1.165) is 23.9 Å². The molecule has 0 saturated carbocycles. The molecule has 4 nitrogen and oxygen atoms in total. The third kappa shape index (κ3) is 5.56. The third-order valence-electron chi connectivity index (χ3n) is 6.47. The van der Waals surface area contributed by atoms with Gasteiger partial charge in [0.15, 0.2) is 0 Å². The van der Waals surface area contributed by atoms with E-state index in [2.05, 4.69) is 67.8 Å². The first-order chi connectivity index (χ1) is 13.5. The summed E-state index contributed by atoms with van der Waals surface area (Å²) in [7, 11) is 0. The normalized spacial score (nSPS) is 16.2. The van der Waals surface area contributed by atoms with E-state index in [1.54, 1.807) is 0 Å². The van der Waals surface area contributed by atoms with Crippen molar-refractivity contribution in [1.29, 1.82) is 0 Å². The Morgan fingerprint density at radius 1 is 0.964 bits per heavy atom. The molecule has 158 valence electrons. The van der Waals surface area contributed by atoms with Gasteiger partial charge in [-0.3, -0.25) is 0 Å². The second-order valence-corrected chi connectivity index (χ2v) is 8.79. The van der Waals surface area contributed by atoms with Crippen LogP contribution in [0.25, 0.3) is 11.0 Å². The largest absolute Gasteiger partial charge is 0.307 e. The number of aryl methyl sites for hydroxylation is 1. The number of unbranched alkanes of at least 4 members (excludes halogenated alkanes) is 2. The average Bonchev–Trinajstić information content (AvgIpc) is 3.14. The molecular formula is C24H42N4. The minimum atomic E-state index is -0.467. The first-order valence-electron chi connectivity index (χ1n) is 11.6. The Kier molecular flexibility index (Phi) is 8.94. The summed E-state index contributed by atoms with van der Waals surface area (Å²) in [6.45, 7) is 11.3. The number of benzene rings is 1. The predicted molar refractivity (Wildman–Crippen MR) is 120 cm³/mol. The Balaban J connectivity index is 2.40. The zero-order valence-corrected chi connectivity index (χ0v) is 18.9. The lowest BCUT2D eigenvalue weighted by atomic mass is 9.81. The van der Waals surface area contributed by atoms with Gasteiger partial charge in [-0.2, -0.15) is 0 Å². The van der Waals surface area contributed by atoms with Crippen LogP contribution in [-0.4, -0.2) is 15.0 Å². The number of rotatable bonds is 13. The van der Waals surface area contributed by atoms with Crippen LogP contribution < -0.4 is 5.73 Å². The second kappa shape index (κ2) is 10.9. The Bertz CT molecular complexity index is 688. The highest BCUT2D eigenvalue weighted by molar-refractivity contribution is 5.77. The first-order valence-corrected chi connectivity index (χ1v) is 11.6. The van der Waals surface area contributed by atoms with Crippen molar-refractivity contribution in [3.05, 3.63) is 23.8 Å². The van der Waals surface area contributed by atoms with Gasteiger partial charge < -0.3 is 5.73 Å². The summed E-state index contributed by atoms with van der Waals surface area (Å²) in [5.41, 5.74) is 10.0. The van der Waals surface area contributed by atoms with Crippen LogP contribution in [0.15, 0.2) is 18.2 Å². The molecule has 0 amide bonds. The van der Waals surface area contributed by atoms with E-state index in [0.29, 0.717) is 11.8 Å². The standard InChI is InChI=1S/C24H42N4/c1-6-10-14-20(8-3)17-24(25,18-21(9-4)15-11-7-2)28-22-16-12-13-19(5)23(22)26-27-28/h12-13,16,20-21H,6-11,14-15,17-18,25H2,1-5H3. The van der Waals surface area contributed by atoms with E-state index in [1.807, 2.05) is 0 Å². The zero-order chi connectivity index (χ0) is 20.6. The maximum absolute atomic E-state index is 7.24. The highest BCUT2D eigenvalue weighted by atomic mass is 15.5. The molecule has 0 saturated heterocycles. The maximum atomic E-state index is 7.24. The van der Waals surface area contributed by atoms with Crippen molar-refractivity contribution in [1.82, 2.24) is 15.0 Å². The minimum absolute atomic E-state index is 0.467. The van der Waals surface area contributed by atoms with Crippen LogP contribution in [0.5, 0.6) is 0 Å². The Morgan fingerprint density at radius 2 is 1.54 bits per heavy atom. The van der Waals surface area contributed by atoms with E-state index in [-0.39, 0.29) is 0 Å². The van der Waals surface area contributed by atoms with E-state index in [1.165, 1.54) is 56.9 Å². The lowest BCUT2D eigenvalue weighted by Gasteiger charge is -2.36. The van der Waals surface area contributed by atoms with Crippen molar-refractivity contribution in [2.24, 2.45) is 17.6 Å². The smallest absolute Gasteiger partial charge is 0.116 e. The van der Waals surface area contributed by atoms with E-state index < -0.39 is 5.66 Å². The fourth-order valence-electron chi connectivity index (χ4n) is 4.55. The van der Waals surface area contributed by atoms with Crippen LogP contribution >= 0.6 is 0 Å². The predicted octanol–water partition coefficient (Wildman–Crippen LogP) is 6.56. The number of hydrogen-bond donors (Lipinski definition) is 1. The molecule has 0 radical (unpaired) electrons. The van der Waals surface area contributed by atoms with Gasteiger partial charge in [0.2, 0.25) is 0 Å². The highest BCUT2D eigenvalue weighted by Gasteiger charge is 2.35. The van der Waals surface area contributed by atoms with Gasteiger partial charge in [-0.1, -0.05) is 96.4 Å². The summed E-state index contributed by atoms with van der Waals surface area (Å²) >= 11 is 0. The summed E-state index contributed by atoms with van der Waals surface area (Å²) in [5, 5.41) is 9.11. The Hall–Kier alpha value is -1.42. The van der Waals surface area contributed by atoms with Gasteiger partial charge in [-0.15, -0.1) is 5.10 Å². The fraction of sp³-hybridized carbons (Fsp3) is 0.750. The quantitative estimate of drug-likeness (QED) is 0.424. The molecule has 2 rings (SSSR count). The summed E-state index contributed by atoms with van der Waals surface area (Å²) in [6, 6.07) is 6.33. The molecule has 1 heterocycles. The molecule has 2 unspecified atom stereocenters. The molecule has 1 aromatic heterocycles. The number of aromatic nitrogens is 3. The number of hydrogen-bond acceptors (Lipinski definition) is 3. The molecule has 0 aliphatic carbocycles. The molecule has 0 spiro atoms. The monoisotopic (exact) mass is 386 g/mol. The van der Waals surface area contributed by atoms with Gasteiger partial charge in [0.05, 0.1) is 5.52 Å². The molecule has 2 N–H and O–H groups in total. The summed E-state index contributed by atoms with van der Waals surface area (Å²) in [4.78, 5) is 0. The third-order valence-corrected chi connectivity index (χ3v) is 6.47. The van der Waals surface area contributed by atoms with Crippen molar-refractivity contribution in [3.8, 4) is 0 Å². The van der Waals surface area contributed by atoms with Crippen LogP contribution in [-0.2, 0) is 5.66 Å². The van der Waals surface area contributed by atoms with Crippen LogP contribution in [0.1, 0.15) is 97.5 Å². The van der Waals surface area contributed by atoms with Crippen molar-refractivity contribution >= 4 is 11.0 Å². The van der Waals surface area contributed by atoms with Crippen molar-refractivity contribution in [2.75, 3.05) is 0 Å². The molecule has 2 atom stereocenters. The van der Waals surface area contributed by atoms with Crippen LogP contribution in [0, 0.1) is 18.8 Å². The lowest BCUT2D eigenvalue weighted by molar-refractivity contribution is 0.145. The summed E-state index contributed by atoms with van der Waals surface area (Å²) < 4.78 is 2.07. The molecule has 2 aromatic rings. The summed E-state index contributed by atoms with van der Waals surface area (Å²) in [5.74, 6) is 1.27. The topological polar surface area (TPSA) is 56.7 Å². The molecule has 28 heavy (non-hydrogen) atoms. The van der Waals surface area contributed by atoms with Gasteiger partial charge >= 0.3 is 0 Å². The first kappa shape index (κ1) is 22.9. The van der Waals surface area contributed by atoms with Crippen molar-refractivity contribution in [3.63, 3.8) is 0 Å². The average molecular weight is 387 g/mol. The fourth-order valence-corrected chi connectivity index (χ4v) is 4.55. The molecule has 0 fully saturated rings. The molecule has 0 aliphatic rings. The molecule has 0 aliphatic heterocycles. The van der Waals surface area contributed by atoms with Gasteiger partial charge in [0.25, 0.3) is 0 Å². The molecular weight excluding hydrogens is 344 g/mol. The van der Waals surface area contributed by atoms with Crippen molar-refractivity contribution < 1.29 is 0 Å². The SMILES string of the molecule is CCCCC(CC)CC(N)(CC(CC)CCCC)n1nnc2c(C)cccc21. The minimum Gasteiger partial charge on any atom is -0.307 e. The van der Waals surface area contributed by atoms with Crippen LogP contribution in [0.2, 0.25) is 0 Å². The zero-order valence-electron chi connectivity index (χ0n) is 18.9. The second-order valence-electron chi connectivity index (χ2n) is 8.79. The number of fused-ring (bicyclic) bond motifs is 1. The van der Waals surface area contributed by atoms with E-state index >= 15 is 0 Å².